The molecule has 1 aliphatic heterocycles. The molecule has 2 aromatic carbocycles. The molecule has 1 aliphatic rings. The fourth-order valence-corrected chi connectivity index (χ4v) is 4.30. The zero-order valence-electron chi connectivity index (χ0n) is 17.9. The van der Waals surface area contributed by atoms with Gasteiger partial charge in [0, 0.05) is 49.6 Å². The SMILES string of the molecule is O=C(NCc1cc(F)cc(F)c1)C1CCN(c2nccn3nc(-c4ccccc4)cc23)CC1. The number of carbonyl (C=O) groups is 1. The molecule has 5 rings (SSSR count). The van der Waals surface area contributed by atoms with E-state index in [1.807, 2.05) is 47.1 Å². The average Bonchev–Trinajstić information content (AvgIpc) is 3.27. The number of piperidine rings is 1. The summed E-state index contributed by atoms with van der Waals surface area (Å²) in [6.07, 6.45) is 4.92. The predicted octanol–water partition coefficient (Wildman–Crippen LogP) is 4.21. The van der Waals surface area contributed by atoms with E-state index in [9.17, 15) is 13.6 Å². The number of aromatic nitrogens is 3. The lowest BCUT2D eigenvalue weighted by Gasteiger charge is -2.32. The number of nitrogens with zero attached hydrogens (tertiary/aromatic N) is 4. The molecule has 0 unspecified atom stereocenters. The Morgan fingerprint density at radius 3 is 2.48 bits per heavy atom. The monoisotopic (exact) mass is 447 g/mol. The van der Waals surface area contributed by atoms with E-state index in [1.165, 1.54) is 12.1 Å². The third-order valence-electron chi connectivity index (χ3n) is 5.99. The van der Waals surface area contributed by atoms with Crippen LogP contribution in [-0.2, 0) is 11.3 Å². The highest BCUT2D eigenvalue weighted by atomic mass is 19.1. The van der Waals surface area contributed by atoms with E-state index in [4.69, 9.17) is 0 Å². The van der Waals surface area contributed by atoms with Crippen molar-refractivity contribution < 1.29 is 13.6 Å². The van der Waals surface area contributed by atoms with Crippen LogP contribution in [0.15, 0.2) is 67.0 Å². The van der Waals surface area contributed by atoms with E-state index in [1.54, 1.807) is 6.20 Å². The fraction of sp³-hybridized carbons (Fsp3) is 0.240. The van der Waals surface area contributed by atoms with Gasteiger partial charge in [-0.1, -0.05) is 30.3 Å². The van der Waals surface area contributed by atoms with Gasteiger partial charge < -0.3 is 10.2 Å². The topological polar surface area (TPSA) is 62.5 Å². The van der Waals surface area contributed by atoms with Gasteiger partial charge in [0.25, 0.3) is 0 Å². The number of fused-ring (bicyclic) bond motifs is 1. The Labute approximate surface area is 189 Å². The summed E-state index contributed by atoms with van der Waals surface area (Å²) in [5, 5.41) is 7.49. The van der Waals surface area contributed by atoms with Crippen molar-refractivity contribution in [3.05, 3.63) is 84.2 Å². The number of hydrogen-bond donors (Lipinski definition) is 1. The van der Waals surface area contributed by atoms with Crippen molar-refractivity contribution in [3.8, 4) is 11.3 Å². The lowest BCUT2D eigenvalue weighted by molar-refractivity contribution is -0.125. The third kappa shape index (κ3) is 4.55. The summed E-state index contributed by atoms with van der Waals surface area (Å²) in [5.41, 5.74) is 3.25. The molecule has 0 radical (unpaired) electrons. The van der Waals surface area contributed by atoms with Crippen molar-refractivity contribution in [2.24, 2.45) is 5.92 Å². The van der Waals surface area contributed by atoms with E-state index in [0.29, 0.717) is 31.5 Å². The zero-order valence-corrected chi connectivity index (χ0v) is 17.9. The first-order valence-electron chi connectivity index (χ1n) is 10.9. The molecule has 33 heavy (non-hydrogen) atoms. The first-order chi connectivity index (χ1) is 16.1. The van der Waals surface area contributed by atoms with Gasteiger partial charge in [-0.15, -0.1) is 0 Å². The molecular formula is C25H23F2N5O. The van der Waals surface area contributed by atoms with Crippen molar-refractivity contribution in [2.45, 2.75) is 19.4 Å². The molecule has 4 aromatic rings. The van der Waals surface area contributed by atoms with E-state index >= 15 is 0 Å². The molecule has 0 bridgehead atoms. The second kappa shape index (κ2) is 8.97. The highest BCUT2D eigenvalue weighted by Crippen LogP contribution is 2.28. The summed E-state index contributed by atoms with van der Waals surface area (Å²) in [7, 11) is 0. The maximum Gasteiger partial charge on any atom is 0.223 e. The molecule has 1 saturated heterocycles. The van der Waals surface area contributed by atoms with Gasteiger partial charge in [0.15, 0.2) is 5.82 Å². The van der Waals surface area contributed by atoms with E-state index in [0.717, 1.165) is 28.7 Å². The summed E-state index contributed by atoms with van der Waals surface area (Å²) < 4.78 is 28.5. The molecule has 1 fully saturated rings. The standard InChI is InChI=1S/C25H23F2N5O/c26-20-12-17(13-21(27)14-20)16-29-25(33)19-6-9-31(10-7-19)24-23-15-22(18-4-2-1-3-5-18)30-32(23)11-8-28-24/h1-5,8,11-15,19H,6-7,9-10,16H2,(H,29,33). The molecule has 1 N–H and O–H groups in total. The van der Waals surface area contributed by atoms with Crippen LogP contribution in [0.4, 0.5) is 14.6 Å². The number of carbonyl (C=O) groups excluding carboxylic acids is 1. The van der Waals surface area contributed by atoms with Gasteiger partial charge in [0.05, 0.1) is 5.69 Å². The second-order valence-corrected chi connectivity index (χ2v) is 8.23. The van der Waals surface area contributed by atoms with E-state index < -0.39 is 11.6 Å². The molecule has 0 saturated carbocycles. The van der Waals surface area contributed by atoms with Crippen LogP contribution >= 0.6 is 0 Å². The Morgan fingerprint density at radius 1 is 1.03 bits per heavy atom. The van der Waals surface area contributed by atoms with Gasteiger partial charge in [-0.05, 0) is 36.6 Å². The van der Waals surface area contributed by atoms with Crippen LogP contribution < -0.4 is 10.2 Å². The minimum absolute atomic E-state index is 0.0961. The molecule has 3 heterocycles. The number of rotatable bonds is 5. The van der Waals surface area contributed by atoms with Crippen molar-refractivity contribution >= 4 is 17.2 Å². The van der Waals surface area contributed by atoms with Crippen LogP contribution in [0, 0.1) is 17.6 Å². The fourth-order valence-electron chi connectivity index (χ4n) is 4.30. The Hall–Kier alpha value is -3.81. The highest BCUT2D eigenvalue weighted by molar-refractivity contribution is 5.79. The molecule has 168 valence electrons. The molecule has 6 nitrogen and oxygen atoms in total. The highest BCUT2D eigenvalue weighted by Gasteiger charge is 2.26. The molecular weight excluding hydrogens is 424 g/mol. The van der Waals surface area contributed by atoms with Crippen LogP contribution in [-0.4, -0.2) is 33.6 Å². The number of amides is 1. The van der Waals surface area contributed by atoms with Crippen molar-refractivity contribution in [3.63, 3.8) is 0 Å². The smallest absolute Gasteiger partial charge is 0.223 e. The first kappa shape index (κ1) is 21.1. The average molecular weight is 447 g/mol. The van der Waals surface area contributed by atoms with E-state index in [-0.39, 0.29) is 18.4 Å². The van der Waals surface area contributed by atoms with Gasteiger partial charge in [-0.2, -0.15) is 5.10 Å². The van der Waals surface area contributed by atoms with Crippen molar-refractivity contribution in [1.29, 1.82) is 0 Å². The lowest BCUT2D eigenvalue weighted by atomic mass is 9.95. The van der Waals surface area contributed by atoms with Crippen molar-refractivity contribution in [1.82, 2.24) is 19.9 Å². The molecule has 0 spiro atoms. The van der Waals surface area contributed by atoms with Crippen LogP contribution in [0.25, 0.3) is 16.8 Å². The van der Waals surface area contributed by atoms with Gasteiger partial charge in [-0.3, -0.25) is 4.79 Å². The number of hydrogen-bond acceptors (Lipinski definition) is 4. The van der Waals surface area contributed by atoms with Crippen LogP contribution in [0.1, 0.15) is 18.4 Å². The van der Waals surface area contributed by atoms with Gasteiger partial charge >= 0.3 is 0 Å². The second-order valence-electron chi connectivity index (χ2n) is 8.23. The zero-order chi connectivity index (χ0) is 22.8. The largest absolute Gasteiger partial charge is 0.355 e. The van der Waals surface area contributed by atoms with E-state index in [2.05, 4.69) is 20.3 Å². The quantitative estimate of drug-likeness (QED) is 0.498. The summed E-state index contributed by atoms with van der Waals surface area (Å²) in [4.78, 5) is 19.4. The molecule has 0 atom stereocenters. The lowest BCUT2D eigenvalue weighted by Crippen LogP contribution is -2.40. The molecule has 0 aliphatic carbocycles. The molecule has 1 amide bonds. The van der Waals surface area contributed by atoms with Crippen LogP contribution in [0.5, 0.6) is 0 Å². The Balaban J connectivity index is 1.24. The van der Waals surface area contributed by atoms with Gasteiger partial charge in [0.2, 0.25) is 5.91 Å². The minimum Gasteiger partial charge on any atom is -0.355 e. The number of halogens is 2. The van der Waals surface area contributed by atoms with Gasteiger partial charge in [0.1, 0.15) is 17.2 Å². The first-order valence-corrected chi connectivity index (χ1v) is 10.9. The number of anilines is 1. The number of benzene rings is 2. The maximum absolute atomic E-state index is 13.4. The van der Waals surface area contributed by atoms with Crippen LogP contribution in [0.2, 0.25) is 0 Å². The third-order valence-corrected chi connectivity index (χ3v) is 5.99. The summed E-state index contributed by atoms with van der Waals surface area (Å²) in [5.74, 6) is -0.694. The molecule has 8 heteroatoms. The maximum atomic E-state index is 13.4. The summed E-state index contributed by atoms with van der Waals surface area (Å²) in [6.45, 7) is 1.48. The predicted molar refractivity (Wildman–Crippen MR) is 122 cm³/mol. The Bertz CT molecular complexity index is 1260. The van der Waals surface area contributed by atoms with Crippen molar-refractivity contribution in [2.75, 3.05) is 18.0 Å². The summed E-state index contributed by atoms with van der Waals surface area (Å²) >= 11 is 0. The minimum atomic E-state index is -0.649. The normalized spacial score (nSPS) is 14.5. The Kier molecular flexibility index (Phi) is 5.73. The van der Waals surface area contributed by atoms with Crippen LogP contribution in [0.3, 0.4) is 0 Å². The summed E-state index contributed by atoms with van der Waals surface area (Å²) in [6, 6.07) is 15.3. The molecule has 2 aromatic heterocycles. The Morgan fingerprint density at radius 2 is 1.76 bits per heavy atom. The number of nitrogens with one attached hydrogen (secondary N) is 1. The van der Waals surface area contributed by atoms with Gasteiger partial charge in [-0.25, -0.2) is 18.3 Å².